The van der Waals surface area contributed by atoms with Crippen LogP contribution >= 0.6 is 0 Å². The number of alkyl halides is 3. The van der Waals surface area contributed by atoms with E-state index >= 15 is 0 Å². The van der Waals surface area contributed by atoms with Crippen LogP contribution in [0.4, 0.5) is 18.9 Å². The molecular formula is C17H14F3N3O3. The number of carbonyl (C=O) groups excluding carboxylic acids is 3. The van der Waals surface area contributed by atoms with Crippen molar-refractivity contribution < 1.29 is 27.6 Å². The van der Waals surface area contributed by atoms with Crippen molar-refractivity contribution in [2.45, 2.75) is 13.1 Å². The molecule has 0 bridgehead atoms. The first kappa shape index (κ1) is 19.0. The van der Waals surface area contributed by atoms with Gasteiger partial charge in [0, 0.05) is 5.56 Å². The van der Waals surface area contributed by atoms with Gasteiger partial charge in [0.25, 0.3) is 11.8 Å². The van der Waals surface area contributed by atoms with Gasteiger partial charge >= 0.3 is 6.18 Å². The van der Waals surface area contributed by atoms with Gasteiger partial charge in [-0.25, -0.2) is 0 Å². The van der Waals surface area contributed by atoms with Gasteiger partial charge in [-0.1, -0.05) is 12.1 Å². The van der Waals surface area contributed by atoms with Crippen LogP contribution in [0.3, 0.4) is 0 Å². The summed E-state index contributed by atoms with van der Waals surface area (Å²) in [7, 11) is 0. The van der Waals surface area contributed by atoms with E-state index < -0.39 is 29.5 Å². The number of halogens is 3. The molecule has 6 nitrogen and oxygen atoms in total. The second-order valence-electron chi connectivity index (χ2n) is 5.44. The average Bonchev–Trinajstić information content (AvgIpc) is 2.54. The number of carbonyl (C=O) groups is 3. The molecule has 0 saturated heterocycles. The molecular weight excluding hydrogens is 351 g/mol. The fourth-order valence-corrected chi connectivity index (χ4v) is 2.42. The van der Waals surface area contributed by atoms with Crippen molar-refractivity contribution >= 4 is 23.4 Å². The number of hydrogen-bond acceptors (Lipinski definition) is 3. The van der Waals surface area contributed by atoms with E-state index in [9.17, 15) is 27.6 Å². The number of rotatable bonds is 4. The molecule has 0 radical (unpaired) electrons. The lowest BCUT2D eigenvalue weighted by molar-refractivity contribution is -0.137. The van der Waals surface area contributed by atoms with Gasteiger partial charge in [-0.2, -0.15) is 13.2 Å². The van der Waals surface area contributed by atoms with Crippen molar-refractivity contribution in [3.05, 3.63) is 64.2 Å². The number of primary amides is 2. The molecule has 0 aliphatic heterocycles. The van der Waals surface area contributed by atoms with Crippen LogP contribution in [-0.4, -0.2) is 17.7 Å². The highest BCUT2D eigenvalue weighted by Crippen LogP contribution is 2.30. The van der Waals surface area contributed by atoms with Crippen LogP contribution in [0.15, 0.2) is 36.4 Å². The minimum Gasteiger partial charge on any atom is -0.366 e. The second-order valence-corrected chi connectivity index (χ2v) is 5.44. The van der Waals surface area contributed by atoms with Gasteiger partial charge in [0.05, 0.1) is 22.4 Å². The molecule has 0 atom stereocenters. The maximum atomic E-state index is 12.8. The molecule has 0 saturated carbocycles. The van der Waals surface area contributed by atoms with Crippen molar-refractivity contribution in [3.63, 3.8) is 0 Å². The third kappa shape index (κ3) is 3.82. The van der Waals surface area contributed by atoms with Crippen molar-refractivity contribution in [2.24, 2.45) is 11.5 Å². The molecule has 2 aromatic carbocycles. The summed E-state index contributed by atoms with van der Waals surface area (Å²) in [5.74, 6) is -2.84. The highest BCUT2D eigenvalue weighted by molar-refractivity contribution is 6.14. The Balaban J connectivity index is 2.46. The fourth-order valence-electron chi connectivity index (χ4n) is 2.42. The first-order valence-corrected chi connectivity index (χ1v) is 7.24. The first-order valence-electron chi connectivity index (χ1n) is 7.24. The van der Waals surface area contributed by atoms with Gasteiger partial charge in [-0.15, -0.1) is 0 Å². The first-order chi connectivity index (χ1) is 12.0. The summed E-state index contributed by atoms with van der Waals surface area (Å²) in [6.07, 6.45) is -4.61. The Morgan fingerprint density at radius 2 is 1.58 bits per heavy atom. The highest BCUT2D eigenvalue weighted by atomic mass is 19.4. The highest BCUT2D eigenvalue weighted by Gasteiger charge is 2.31. The van der Waals surface area contributed by atoms with Crippen molar-refractivity contribution in [1.82, 2.24) is 0 Å². The van der Waals surface area contributed by atoms with E-state index in [1.165, 1.54) is 25.1 Å². The van der Waals surface area contributed by atoms with Crippen molar-refractivity contribution in [3.8, 4) is 0 Å². The van der Waals surface area contributed by atoms with E-state index in [0.717, 1.165) is 12.1 Å². The maximum Gasteiger partial charge on any atom is 0.416 e. The van der Waals surface area contributed by atoms with Crippen LogP contribution in [0.5, 0.6) is 0 Å². The van der Waals surface area contributed by atoms with E-state index in [1.807, 2.05) is 0 Å². The molecule has 9 heteroatoms. The summed E-state index contributed by atoms with van der Waals surface area (Å²) >= 11 is 0. The SMILES string of the molecule is Cc1ccc(NC(=O)c2cccc(C(F)(F)F)c2)c(C(N)=O)c1C(N)=O. The van der Waals surface area contributed by atoms with Gasteiger partial charge in [-0.3, -0.25) is 14.4 Å². The Kier molecular flexibility index (Phi) is 5.01. The van der Waals surface area contributed by atoms with E-state index in [4.69, 9.17) is 11.5 Å². The zero-order valence-electron chi connectivity index (χ0n) is 13.5. The topological polar surface area (TPSA) is 115 Å². The standard InChI is InChI=1S/C17H14F3N3O3/c1-8-5-6-11(13(15(22)25)12(8)14(21)24)23-16(26)9-3-2-4-10(7-9)17(18,19)20/h2-7H,1H3,(H2,21,24)(H2,22,25)(H,23,26). The molecule has 0 unspecified atom stereocenters. The molecule has 136 valence electrons. The molecule has 0 aliphatic rings. The summed E-state index contributed by atoms with van der Waals surface area (Å²) in [6, 6.07) is 6.49. The van der Waals surface area contributed by atoms with E-state index in [2.05, 4.69) is 5.32 Å². The largest absolute Gasteiger partial charge is 0.416 e. The van der Waals surface area contributed by atoms with E-state index in [-0.39, 0.29) is 22.4 Å². The summed E-state index contributed by atoms with van der Waals surface area (Å²) in [5, 5.41) is 2.29. The van der Waals surface area contributed by atoms with Gasteiger partial charge in [0.1, 0.15) is 0 Å². The predicted octanol–water partition coefficient (Wildman–Crippen LogP) is 2.46. The molecule has 2 rings (SSSR count). The monoisotopic (exact) mass is 365 g/mol. The summed E-state index contributed by atoms with van der Waals surface area (Å²) in [5.41, 5.74) is 9.00. The number of anilines is 1. The van der Waals surface area contributed by atoms with Crippen molar-refractivity contribution in [1.29, 1.82) is 0 Å². The molecule has 26 heavy (non-hydrogen) atoms. The molecule has 0 fully saturated rings. The number of hydrogen-bond donors (Lipinski definition) is 3. The molecule has 5 N–H and O–H groups in total. The van der Waals surface area contributed by atoms with Crippen LogP contribution in [0, 0.1) is 6.92 Å². The fraction of sp³-hybridized carbons (Fsp3) is 0.118. The third-order valence-corrected chi connectivity index (χ3v) is 3.61. The van der Waals surface area contributed by atoms with Gasteiger partial charge < -0.3 is 16.8 Å². The van der Waals surface area contributed by atoms with Crippen LogP contribution in [0.1, 0.15) is 42.2 Å². The second kappa shape index (κ2) is 6.87. The summed E-state index contributed by atoms with van der Waals surface area (Å²) in [6.45, 7) is 1.52. The quantitative estimate of drug-likeness (QED) is 0.773. The Morgan fingerprint density at radius 1 is 0.962 bits per heavy atom. The van der Waals surface area contributed by atoms with Crippen molar-refractivity contribution in [2.75, 3.05) is 5.32 Å². The minimum absolute atomic E-state index is 0.126. The van der Waals surface area contributed by atoms with Crippen LogP contribution in [0.2, 0.25) is 0 Å². The Labute approximate surface area is 146 Å². The van der Waals surface area contributed by atoms with Crippen LogP contribution in [0.25, 0.3) is 0 Å². The number of nitrogens with two attached hydrogens (primary N) is 2. The predicted molar refractivity (Wildman–Crippen MR) is 87.6 cm³/mol. The molecule has 2 aromatic rings. The molecule has 0 aromatic heterocycles. The summed E-state index contributed by atoms with van der Waals surface area (Å²) < 4.78 is 38.3. The normalized spacial score (nSPS) is 11.1. The lowest BCUT2D eigenvalue weighted by atomic mass is 9.98. The molecule has 0 aliphatic carbocycles. The Hall–Kier alpha value is -3.36. The average molecular weight is 365 g/mol. The Morgan fingerprint density at radius 3 is 2.12 bits per heavy atom. The van der Waals surface area contributed by atoms with Gasteiger partial charge in [0.2, 0.25) is 5.91 Å². The van der Waals surface area contributed by atoms with Crippen LogP contribution in [-0.2, 0) is 6.18 Å². The molecule has 3 amide bonds. The maximum absolute atomic E-state index is 12.8. The minimum atomic E-state index is -4.61. The number of benzene rings is 2. The van der Waals surface area contributed by atoms with E-state index in [0.29, 0.717) is 11.6 Å². The van der Waals surface area contributed by atoms with Gasteiger partial charge in [0.15, 0.2) is 0 Å². The van der Waals surface area contributed by atoms with Gasteiger partial charge in [-0.05, 0) is 36.8 Å². The third-order valence-electron chi connectivity index (χ3n) is 3.61. The zero-order chi connectivity index (χ0) is 19.6. The zero-order valence-corrected chi connectivity index (χ0v) is 13.5. The molecule has 0 heterocycles. The smallest absolute Gasteiger partial charge is 0.366 e. The molecule has 0 spiro atoms. The number of nitrogens with one attached hydrogen (secondary N) is 1. The lowest BCUT2D eigenvalue weighted by Gasteiger charge is -2.14. The van der Waals surface area contributed by atoms with E-state index in [1.54, 1.807) is 0 Å². The van der Waals surface area contributed by atoms with Crippen LogP contribution < -0.4 is 16.8 Å². The number of aryl methyl sites for hydroxylation is 1. The number of amides is 3. The Bertz CT molecular complexity index is 908. The lowest BCUT2D eigenvalue weighted by Crippen LogP contribution is -2.25. The summed E-state index contributed by atoms with van der Waals surface area (Å²) in [4.78, 5) is 35.6.